The van der Waals surface area contributed by atoms with Gasteiger partial charge in [0.05, 0.1) is 6.07 Å². The van der Waals surface area contributed by atoms with Crippen LogP contribution in [0.2, 0.25) is 0 Å². The zero-order chi connectivity index (χ0) is 10.4. The van der Waals surface area contributed by atoms with Crippen molar-refractivity contribution in [2.24, 2.45) is 0 Å². The highest BCUT2D eigenvalue weighted by Gasteiger charge is 2.32. The summed E-state index contributed by atoms with van der Waals surface area (Å²) in [5.41, 5.74) is -0.628. The number of rotatable bonds is 1. The van der Waals surface area contributed by atoms with Crippen LogP contribution in [0.5, 0.6) is 0 Å². The first-order valence-electron chi connectivity index (χ1n) is 5.13. The molecule has 4 nitrogen and oxygen atoms in total. The van der Waals surface area contributed by atoms with Crippen molar-refractivity contribution in [3.05, 3.63) is 0 Å². The molecule has 0 aromatic heterocycles. The molecule has 0 bridgehead atoms. The first-order chi connectivity index (χ1) is 6.72. The van der Waals surface area contributed by atoms with Crippen LogP contribution < -0.4 is 10.6 Å². The van der Waals surface area contributed by atoms with Crippen molar-refractivity contribution < 1.29 is 4.79 Å². The van der Waals surface area contributed by atoms with Gasteiger partial charge in [-0.3, -0.25) is 0 Å². The van der Waals surface area contributed by atoms with Crippen molar-refractivity contribution >= 4 is 6.03 Å². The highest BCUT2D eigenvalue weighted by molar-refractivity contribution is 5.74. The summed E-state index contributed by atoms with van der Waals surface area (Å²) >= 11 is 0. The minimum absolute atomic E-state index is 0.256. The Morgan fingerprint density at radius 2 is 1.86 bits per heavy atom. The Morgan fingerprint density at radius 1 is 1.29 bits per heavy atom. The van der Waals surface area contributed by atoms with Gasteiger partial charge in [0.1, 0.15) is 5.54 Å². The van der Waals surface area contributed by atoms with Crippen molar-refractivity contribution in [1.29, 1.82) is 5.26 Å². The van der Waals surface area contributed by atoms with Gasteiger partial charge in [-0.15, -0.1) is 0 Å². The average molecular weight is 195 g/mol. The summed E-state index contributed by atoms with van der Waals surface area (Å²) in [6.07, 6.45) is 5.93. The molecule has 0 aliphatic heterocycles. The molecule has 1 aliphatic carbocycles. The van der Waals surface area contributed by atoms with Crippen molar-refractivity contribution in [2.45, 2.75) is 44.1 Å². The standard InChI is InChI=1S/C10H17N3O/c1-12-9(14)13-10(8-11)6-4-2-3-5-7-10/h2-7H2,1H3,(H2,12,13,14). The second kappa shape index (κ2) is 4.85. The SMILES string of the molecule is CNC(=O)NC1(C#N)CCCCCC1. The van der Waals surface area contributed by atoms with E-state index in [1.54, 1.807) is 7.05 Å². The predicted octanol–water partition coefficient (Wildman–Crippen LogP) is 1.53. The topological polar surface area (TPSA) is 64.9 Å². The number of hydrogen-bond acceptors (Lipinski definition) is 2. The summed E-state index contributed by atoms with van der Waals surface area (Å²) in [4.78, 5) is 11.2. The van der Waals surface area contributed by atoms with Crippen molar-refractivity contribution in [3.8, 4) is 6.07 Å². The van der Waals surface area contributed by atoms with Crippen LogP contribution in [0.3, 0.4) is 0 Å². The van der Waals surface area contributed by atoms with Crippen molar-refractivity contribution in [3.63, 3.8) is 0 Å². The number of urea groups is 1. The predicted molar refractivity (Wildman–Crippen MR) is 53.6 cm³/mol. The lowest BCUT2D eigenvalue weighted by Crippen LogP contribution is -2.50. The number of amides is 2. The van der Waals surface area contributed by atoms with Crippen LogP contribution in [-0.4, -0.2) is 18.6 Å². The van der Waals surface area contributed by atoms with E-state index in [0.29, 0.717) is 0 Å². The molecule has 0 unspecified atom stereocenters. The second-order valence-electron chi connectivity index (χ2n) is 3.81. The summed E-state index contributed by atoms with van der Waals surface area (Å²) in [6.45, 7) is 0. The largest absolute Gasteiger partial charge is 0.341 e. The molecular formula is C10H17N3O. The molecule has 0 aromatic carbocycles. The number of carbonyl (C=O) groups excluding carboxylic acids is 1. The van der Waals surface area contributed by atoms with E-state index in [1.807, 2.05) is 0 Å². The van der Waals surface area contributed by atoms with Gasteiger partial charge < -0.3 is 10.6 Å². The third kappa shape index (κ3) is 2.63. The van der Waals surface area contributed by atoms with Crippen LogP contribution in [-0.2, 0) is 0 Å². The van der Waals surface area contributed by atoms with Crippen LogP contribution in [0.1, 0.15) is 38.5 Å². The van der Waals surface area contributed by atoms with E-state index in [1.165, 1.54) is 12.8 Å². The average Bonchev–Trinajstić information content (AvgIpc) is 2.44. The zero-order valence-electron chi connectivity index (χ0n) is 8.60. The Kier molecular flexibility index (Phi) is 3.75. The van der Waals surface area contributed by atoms with Crippen LogP contribution in [0, 0.1) is 11.3 Å². The number of hydrogen-bond donors (Lipinski definition) is 2. The van der Waals surface area contributed by atoms with Crippen LogP contribution >= 0.6 is 0 Å². The molecule has 1 fully saturated rings. The zero-order valence-corrected chi connectivity index (χ0v) is 8.60. The minimum Gasteiger partial charge on any atom is -0.341 e. The van der Waals surface area contributed by atoms with Gasteiger partial charge in [0.2, 0.25) is 0 Å². The molecule has 0 spiro atoms. The highest BCUT2D eigenvalue weighted by atomic mass is 16.2. The molecule has 78 valence electrons. The maximum atomic E-state index is 11.2. The molecule has 0 atom stereocenters. The maximum absolute atomic E-state index is 11.2. The molecule has 1 aliphatic rings. The Morgan fingerprint density at radius 3 is 2.29 bits per heavy atom. The Labute approximate surface area is 84.7 Å². The molecule has 4 heteroatoms. The van der Waals surface area contributed by atoms with E-state index in [4.69, 9.17) is 5.26 Å². The normalized spacial score (nSPS) is 20.3. The van der Waals surface area contributed by atoms with Gasteiger partial charge >= 0.3 is 6.03 Å². The quantitative estimate of drug-likeness (QED) is 0.623. The van der Waals surface area contributed by atoms with Crippen LogP contribution in [0.4, 0.5) is 4.79 Å². The molecule has 2 amide bonds. The van der Waals surface area contributed by atoms with Gasteiger partial charge in [-0.1, -0.05) is 25.7 Å². The number of nitrogens with one attached hydrogen (secondary N) is 2. The lowest BCUT2D eigenvalue weighted by atomic mass is 9.92. The second-order valence-corrected chi connectivity index (χ2v) is 3.81. The fraction of sp³-hybridized carbons (Fsp3) is 0.800. The van der Waals surface area contributed by atoms with E-state index in [0.717, 1.165) is 25.7 Å². The number of nitriles is 1. The van der Waals surface area contributed by atoms with Gasteiger partial charge in [0, 0.05) is 7.05 Å². The lowest BCUT2D eigenvalue weighted by molar-refractivity contribution is 0.231. The van der Waals surface area contributed by atoms with Crippen LogP contribution in [0.15, 0.2) is 0 Å². The lowest BCUT2D eigenvalue weighted by Gasteiger charge is -2.25. The summed E-state index contributed by atoms with van der Waals surface area (Å²) in [7, 11) is 1.57. The van der Waals surface area contributed by atoms with E-state index >= 15 is 0 Å². The first-order valence-corrected chi connectivity index (χ1v) is 5.13. The van der Waals surface area contributed by atoms with E-state index in [-0.39, 0.29) is 6.03 Å². The number of carbonyl (C=O) groups is 1. The first kappa shape index (κ1) is 10.8. The van der Waals surface area contributed by atoms with E-state index in [2.05, 4.69) is 16.7 Å². The Balaban J connectivity index is 2.64. The molecule has 0 saturated heterocycles. The van der Waals surface area contributed by atoms with Crippen molar-refractivity contribution in [2.75, 3.05) is 7.05 Å². The van der Waals surface area contributed by atoms with Gasteiger partial charge in [0.15, 0.2) is 0 Å². The van der Waals surface area contributed by atoms with Gasteiger partial charge in [-0.25, -0.2) is 4.79 Å². The fourth-order valence-corrected chi connectivity index (χ4v) is 1.88. The molecule has 0 radical (unpaired) electrons. The molecule has 1 rings (SSSR count). The molecule has 1 saturated carbocycles. The third-order valence-corrected chi connectivity index (χ3v) is 2.75. The van der Waals surface area contributed by atoms with E-state index in [9.17, 15) is 4.79 Å². The Hall–Kier alpha value is -1.24. The molecule has 0 aromatic rings. The molecular weight excluding hydrogens is 178 g/mol. The monoisotopic (exact) mass is 195 g/mol. The van der Waals surface area contributed by atoms with E-state index < -0.39 is 5.54 Å². The smallest absolute Gasteiger partial charge is 0.315 e. The molecule has 0 heterocycles. The summed E-state index contributed by atoms with van der Waals surface area (Å²) in [5, 5.41) is 14.4. The minimum atomic E-state index is -0.628. The summed E-state index contributed by atoms with van der Waals surface area (Å²) in [5.74, 6) is 0. The highest BCUT2D eigenvalue weighted by Crippen LogP contribution is 2.26. The molecule has 14 heavy (non-hydrogen) atoms. The number of nitrogens with zero attached hydrogens (tertiary/aromatic N) is 1. The van der Waals surface area contributed by atoms with Crippen molar-refractivity contribution in [1.82, 2.24) is 10.6 Å². The third-order valence-electron chi connectivity index (χ3n) is 2.75. The van der Waals surface area contributed by atoms with Crippen LogP contribution in [0.25, 0.3) is 0 Å². The van der Waals surface area contributed by atoms with Gasteiger partial charge in [-0.05, 0) is 12.8 Å². The van der Waals surface area contributed by atoms with Gasteiger partial charge in [0.25, 0.3) is 0 Å². The summed E-state index contributed by atoms with van der Waals surface area (Å²) < 4.78 is 0. The van der Waals surface area contributed by atoms with Gasteiger partial charge in [-0.2, -0.15) is 5.26 Å². The Bertz CT molecular complexity index is 236. The molecule has 2 N–H and O–H groups in total. The maximum Gasteiger partial charge on any atom is 0.315 e. The fourth-order valence-electron chi connectivity index (χ4n) is 1.88. The summed E-state index contributed by atoms with van der Waals surface area (Å²) in [6, 6.07) is 1.99.